The highest BCUT2D eigenvalue weighted by Crippen LogP contribution is 2.36. The van der Waals surface area contributed by atoms with Gasteiger partial charge in [-0.3, -0.25) is 0 Å². The molecule has 1 N–H and O–H groups in total. The highest BCUT2D eigenvalue weighted by atomic mass is 19.4. The average molecular weight is 493 g/mol. The van der Waals surface area contributed by atoms with Crippen LogP contribution in [0.3, 0.4) is 0 Å². The maximum Gasteiger partial charge on any atom is 0.573 e. The quantitative estimate of drug-likeness (QED) is 0.281. The van der Waals surface area contributed by atoms with Crippen molar-refractivity contribution in [2.24, 2.45) is 0 Å². The van der Waals surface area contributed by atoms with Gasteiger partial charge in [-0.1, -0.05) is 42.5 Å². The second-order valence-electron chi connectivity index (χ2n) is 8.24. The topological polar surface area (TPSA) is 42.8 Å². The predicted molar refractivity (Wildman–Crippen MR) is 119 cm³/mol. The van der Waals surface area contributed by atoms with Gasteiger partial charge in [-0.25, -0.2) is 4.98 Å². The molecule has 0 saturated heterocycles. The standard InChI is InChI=1S/C25H21F6N3O/c1-15(2)34-14-22(24(26,27)28)33-23(34)17-9-7-16(8-10-17)13-20-18(11-12-32-20)19-5-3-4-6-21(19)35-25(29,30)31/h3-12,14-15,32H,13H2,1-2H3. The summed E-state index contributed by atoms with van der Waals surface area (Å²) in [5.41, 5.74) is 1.88. The number of rotatable bonds is 6. The summed E-state index contributed by atoms with van der Waals surface area (Å²) >= 11 is 0. The van der Waals surface area contributed by atoms with Crippen molar-refractivity contribution in [1.82, 2.24) is 14.5 Å². The molecular formula is C25H21F6N3O. The molecule has 10 heteroatoms. The highest BCUT2D eigenvalue weighted by molar-refractivity contribution is 5.73. The zero-order valence-electron chi connectivity index (χ0n) is 18.7. The third-order valence-electron chi connectivity index (χ3n) is 5.41. The summed E-state index contributed by atoms with van der Waals surface area (Å²) in [7, 11) is 0. The number of aromatic amines is 1. The largest absolute Gasteiger partial charge is 0.573 e. The third-order valence-corrected chi connectivity index (χ3v) is 5.41. The Bertz CT molecular complexity index is 1300. The van der Waals surface area contributed by atoms with Gasteiger partial charge in [-0.15, -0.1) is 13.2 Å². The van der Waals surface area contributed by atoms with Crippen LogP contribution in [0.4, 0.5) is 26.3 Å². The van der Waals surface area contributed by atoms with Gasteiger partial charge in [0, 0.05) is 47.2 Å². The van der Waals surface area contributed by atoms with Crippen molar-refractivity contribution in [1.29, 1.82) is 0 Å². The first-order valence-corrected chi connectivity index (χ1v) is 10.7. The van der Waals surface area contributed by atoms with Crippen LogP contribution in [0.15, 0.2) is 67.0 Å². The molecule has 4 aromatic rings. The number of H-pyrrole nitrogens is 1. The Morgan fingerprint density at radius 2 is 1.60 bits per heavy atom. The summed E-state index contributed by atoms with van der Waals surface area (Å²) in [6, 6.07) is 14.2. The number of hydrogen-bond donors (Lipinski definition) is 1. The fraction of sp³-hybridized carbons (Fsp3) is 0.240. The van der Waals surface area contributed by atoms with E-state index in [1.54, 1.807) is 62.5 Å². The van der Waals surface area contributed by atoms with Crippen LogP contribution in [0, 0.1) is 0 Å². The van der Waals surface area contributed by atoms with Crippen LogP contribution in [0.5, 0.6) is 5.75 Å². The Kier molecular flexibility index (Phi) is 6.40. The number of aromatic nitrogens is 3. The number of nitrogens with one attached hydrogen (secondary N) is 1. The minimum absolute atomic E-state index is 0.206. The number of hydrogen-bond acceptors (Lipinski definition) is 2. The Morgan fingerprint density at radius 3 is 2.23 bits per heavy atom. The molecule has 2 heterocycles. The van der Waals surface area contributed by atoms with Crippen LogP contribution >= 0.6 is 0 Å². The van der Waals surface area contributed by atoms with E-state index in [1.807, 2.05) is 0 Å². The van der Waals surface area contributed by atoms with E-state index in [9.17, 15) is 26.3 Å². The van der Waals surface area contributed by atoms with E-state index >= 15 is 0 Å². The molecule has 0 atom stereocenters. The van der Waals surface area contributed by atoms with Crippen molar-refractivity contribution >= 4 is 0 Å². The second kappa shape index (κ2) is 9.16. The minimum Gasteiger partial charge on any atom is -0.405 e. The van der Waals surface area contributed by atoms with E-state index < -0.39 is 18.2 Å². The van der Waals surface area contributed by atoms with Crippen molar-refractivity contribution in [2.75, 3.05) is 0 Å². The molecule has 2 aromatic carbocycles. The molecule has 0 aliphatic rings. The molecule has 0 radical (unpaired) electrons. The molecule has 0 spiro atoms. The summed E-state index contributed by atoms with van der Waals surface area (Å²) in [6.07, 6.45) is -6.39. The van der Waals surface area contributed by atoms with E-state index in [0.717, 1.165) is 11.8 Å². The molecule has 0 aliphatic carbocycles. The highest BCUT2D eigenvalue weighted by Gasteiger charge is 2.35. The lowest BCUT2D eigenvalue weighted by molar-refractivity contribution is -0.274. The molecule has 35 heavy (non-hydrogen) atoms. The molecule has 4 rings (SSSR count). The Labute approximate surface area is 197 Å². The van der Waals surface area contributed by atoms with E-state index in [2.05, 4.69) is 14.7 Å². The van der Waals surface area contributed by atoms with Gasteiger partial charge in [-0.05, 0) is 31.5 Å². The normalized spacial score (nSPS) is 12.4. The Balaban J connectivity index is 1.61. The van der Waals surface area contributed by atoms with Crippen LogP contribution in [0.2, 0.25) is 0 Å². The first-order chi connectivity index (χ1) is 16.4. The van der Waals surface area contributed by atoms with Crippen LogP contribution in [-0.2, 0) is 12.6 Å². The Hall–Kier alpha value is -3.69. The van der Waals surface area contributed by atoms with E-state index in [1.165, 1.54) is 16.7 Å². The van der Waals surface area contributed by atoms with Gasteiger partial charge in [0.15, 0.2) is 5.69 Å². The SMILES string of the molecule is CC(C)n1cc(C(F)(F)F)nc1-c1ccc(Cc2[nH]ccc2-c2ccccc2OC(F)(F)F)cc1. The number of nitrogens with zero attached hydrogens (tertiary/aromatic N) is 2. The summed E-state index contributed by atoms with van der Waals surface area (Å²) in [6.45, 7) is 3.54. The molecule has 0 bridgehead atoms. The zero-order valence-corrected chi connectivity index (χ0v) is 18.7. The number of ether oxygens (including phenoxy) is 1. The number of alkyl halides is 6. The van der Waals surface area contributed by atoms with E-state index in [0.29, 0.717) is 23.2 Å². The third kappa shape index (κ3) is 5.52. The maximum absolute atomic E-state index is 13.2. The summed E-state index contributed by atoms with van der Waals surface area (Å²) in [4.78, 5) is 6.85. The first-order valence-electron chi connectivity index (χ1n) is 10.7. The fourth-order valence-corrected chi connectivity index (χ4v) is 3.82. The summed E-state index contributed by atoms with van der Waals surface area (Å²) in [5, 5.41) is 0. The zero-order chi connectivity index (χ0) is 25.4. The molecule has 0 amide bonds. The molecule has 0 fully saturated rings. The number of para-hydroxylation sites is 1. The van der Waals surface area contributed by atoms with Crippen molar-refractivity contribution in [2.45, 2.75) is 38.8 Å². The van der Waals surface area contributed by atoms with Crippen molar-refractivity contribution < 1.29 is 31.1 Å². The molecule has 184 valence electrons. The molecule has 0 aliphatic heterocycles. The summed E-state index contributed by atoms with van der Waals surface area (Å²) < 4.78 is 83.7. The average Bonchev–Trinajstić information content (AvgIpc) is 3.41. The smallest absolute Gasteiger partial charge is 0.405 e. The van der Waals surface area contributed by atoms with Crippen molar-refractivity contribution in [3.05, 3.63) is 83.9 Å². The van der Waals surface area contributed by atoms with Gasteiger partial charge in [-0.2, -0.15) is 13.2 Å². The molecule has 0 unspecified atom stereocenters. The van der Waals surface area contributed by atoms with Gasteiger partial charge in [0.25, 0.3) is 0 Å². The maximum atomic E-state index is 13.2. The molecule has 4 nitrogen and oxygen atoms in total. The number of imidazole rings is 1. The number of benzene rings is 2. The first kappa shape index (κ1) is 24.4. The van der Waals surface area contributed by atoms with Gasteiger partial charge in [0.1, 0.15) is 11.6 Å². The second-order valence-corrected chi connectivity index (χ2v) is 8.24. The predicted octanol–water partition coefficient (Wildman–Crippen LogP) is 7.63. The van der Waals surface area contributed by atoms with Crippen molar-refractivity contribution in [3.8, 4) is 28.3 Å². The van der Waals surface area contributed by atoms with Crippen LogP contribution in [0.1, 0.15) is 36.8 Å². The van der Waals surface area contributed by atoms with Crippen LogP contribution < -0.4 is 4.74 Å². The van der Waals surface area contributed by atoms with E-state index in [-0.39, 0.29) is 23.2 Å². The molecule has 0 saturated carbocycles. The Morgan fingerprint density at radius 1 is 0.914 bits per heavy atom. The van der Waals surface area contributed by atoms with Gasteiger partial charge < -0.3 is 14.3 Å². The van der Waals surface area contributed by atoms with E-state index in [4.69, 9.17) is 0 Å². The van der Waals surface area contributed by atoms with Gasteiger partial charge >= 0.3 is 12.5 Å². The van der Waals surface area contributed by atoms with Crippen molar-refractivity contribution in [3.63, 3.8) is 0 Å². The molecule has 2 aromatic heterocycles. The van der Waals surface area contributed by atoms with Gasteiger partial charge in [0.05, 0.1) is 0 Å². The minimum atomic E-state index is -4.82. The lowest BCUT2D eigenvalue weighted by Crippen LogP contribution is -2.17. The summed E-state index contributed by atoms with van der Waals surface area (Å²) in [5.74, 6) is -0.102. The van der Waals surface area contributed by atoms with Gasteiger partial charge in [0.2, 0.25) is 0 Å². The lowest BCUT2D eigenvalue weighted by Gasteiger charge is -2.14. The number of halogens is 6. The fourth-order valence-electron chi connectivity index (χ4n) is 3.82. The monoisotopic (exact) mass is 493 g/mol. The lowest BCUT2D eigenvalue weighted by atomic mass is 10.00. The molecular weight excluding hydrogens is 472 g/mol. The van der Waals surface area contributed by atoms with Crippen LogP contribution in [0.25, 0.3) is 22.5 Å². The van der Waals surface area contributed by atoms with Crippen LogP contribution in [-0.4, -0.2) is 20.9 Å².